The largest absolute Gasteiger partial charge is 0.334 e. The number of nitrogens with zero attached hydrogens (tertiary/aromatic N) is 2. The summed E-state index contributed by atoms with van der Waals surface area (Å²) in [5.74, 6) is 0.841. The van der Waals surface area contributed by atoms with E-state index in [0.29, 0.717) is 23.0 Å². The van der Waals surface area contributed by atoms with Crippen LogP contribution in [0.3, 0.4) is 0 Å². The minimum absolute atomic E-state index is 0.139. The average Bonchev–Trinajstić information content (AvgIpc) is 3.17. The molecule has 0 atom stereocenters. The maximum atomic E-state index is 12.1. The van der Waals surface area contributed by atoms with Crippen molar-refractivity contribution in [2.45, 2.75) is 13.8 Å². The van der Waals surface area contributed by atoms with Crippen LogP contribution in [0.15, 0.2) is 82.9 Å². The van der Waals surface area contributed by atoms with Gasteiger partial charge in [0.15, 0.2) is 0 Å². The van der Waals surface area contributed by atoms with Gasteiger partial charge in [-0.25, -0.2) is 0 Å². The lowest BCUT2D eigenvalue weighted by Crippen LogP contribution is -2.12. The number of amides is 1. The maximum Gasteiger partial charge on any atom is 0.258 e. The predicted molar refractivity (Wildman–Crippen MR) is 102 cm³/mol. The van der Waals surface area contributed by atoms with Gasteiger partial charge in [-0.1, -0.05) is 53.7 Å². The van der Waals surface area contributed by atoms with Crippen molar-refractivity contribution in [1.82, 2.24) is 10.1 Å². The highest BCUT2D eigenvalue weighted by Crippen LogP contribution is 2.23. The van der Waals surface area contributed by atoms with Gasteiger partial charge >= 0.3 is 0 Å². The van der Waals surface area contributed by atoms with E-state index in [1.54, 1.807) is 13.0 Å². The zero-order valence-electron chi connectivity index (χ0n) is 14.6. The van der Waals surface area contributed by atoms with Crippen molar-refractivity contribution in [3.8, 4) is 22.8 Å². The smallest absolute Gasteiger partial charge is 0.258 e. The number of anilines is 1. The summed E-state index contributed by atoms with van der Waals surface area (Å²) in [4.78, 5) is 16.5. The van der Waals surface area contributed by atoms with E-state index in [1.165, 1.54) is 0 Å². The van der Waals surface area contributed by atoms with Crippen LogP contribution in [0.5, 0.6) is 0 Å². The summed E-state index contributed by atoms with van der Waals surface area (Å²) in [6, 6.07) is 16.9. The number of allylic oxidation sites excluding steroid dienone is 3. The lowest BCUT2D eigenvalue weighted by Gasteiger charge is -2.05. The third kappa shape index (κ3) is 4.13. The molecule has 1 N–H and O–H groups in total. The van der Waals surface area contributed by atoms with Crippen LogP contribution in [0.2, 0.25) is 0 Å². The monoisotopic (exact) mass is 345 g/mol. The fourth-order valence-electron chi connectivity index (χ4n) is 2.29. The molecule has 3 rings (SSSR count). The Morgan fingerprint density at radius 2 is 1.77 bits per heavy atom. The van der Waals surface area contributed by atoms with Crippen molar-refractivity contribution >= 4 is 11.6 Å². The van der Waals surface area contributed by atoms with Crippen LogP contribution < -0.4 is 5.32 Å². The molecule has 3 aromatic rings. The van der Waals surface area contributed by atoms with Crippen LogP contribution in [0.1, 0.15) is 13.8 Å². The molecule has 0 spiro atoms. The first-order valence-corrected chi connectivity index (χ1v) is 8.28. The maximum absolute atomic E-state index is 12.1. The molecule has 1 heterocycles. The van der Waals surface area contributed by atoms with Crippen LogP contribution in [-0.2, 0) is 4.79 Å². The normalized spacial score (nSPS) is 11.7. The standard InChI is InChI=1S/C21H19N3O2/c1-3-4-8-15(2)20(25)22-18-13-11-17(12-14-18)21-23-19(24-26-21)16-9-6-5-7-10-16/h3-14H,1-2H3,(H,22,25)/b4-3-,15-8+. The molecule has 5 nitrogen and oxygen atoms in total. The van der Waals surface area contributed by atoms with Gasteiger partial charge in [0, 0.05) is 22.4 Å². The van der Waals surface area contributed by atoms with Gasteiger partial charge in [0.2, 0.25) is 5.82 Å². The molecule has 130 valence electrons. The van der Waals surface area contributed by atoms with Crippen molar-refractivity contribution in [1.29, 1.82) is 0 Å². The highest BCUT2D eigenvalue weighted by atomic mass is 16.5. The second-order valence-electron chi connectivity index (χ2n) is 5.70. The molecular formula is C21H19N3O2. The van der Waals surface area contributed by atoms with Gasteiger partial charge < -0.3 is 9.84 Å². The number of hydrogen-bond donors (Lipinski definition) is 1. The Bertz CT molecular complexity index is 939. The van der Waals surface area contributed by atoms with Crippen molar-refractivity contribution < 1.29 is 9.32 Å². The predicted octanol–water partition coefficient (Wildman–Crippen LogP) is 4.86. The molecule has 0 fully saturated rings. The first-order valence-electron chi connectivity index (χ1n) is 8.28. The molecule has 1 aromatic heterocycles. The lowest BCUT2D eigenvalue weighted by molar-refractivity contribution is -0.112. The van der Waals surface area contributed by atoms with E-state index in [9.17, 15) is 4.79 Å². The van der Waals surface area contributed by atoms with Crippen LogP contribution in [-0.4, -0.2) is 16.0 Å². The number of carbonyl (C=O) groups excluding carboxylic acids is 1. The van der Waals surface area contributed by atoms with Crippen LogP contribution >= 0.6 is 0 Å². The summed E-state index contributed by atoms with van der Waals surface area (Å²) >= 11 is 0. The summed E-state index contributed by atoms with van der Waals surface area (Å²) in [5, 5.41) is 6.87. The summed E-state index contributed by atoms with van der Waals surface area (Å²) in [7, 11) is 0. The number of rotatable bonds is 5. The van der Waals surface area contributed by atoms with Gasteiger partial charge in [-0.15, -0.1) is 0 Å². The molecule has 1 amide bonds. The summed E-state index contributed by atoms with van der Waals surface area (Å²) in [5.41, 5.74) is 3.03. The van der Waals surface area contributed by atoms with Crippen LogP contribution in [0, 0.1) is 0 Å². The van der Waals surface area contributed by atoms with E-state index in [1.807, 2.05) is 73.7 Å². The summed E-state index contributed by atoms with van der Waals surface area (Å²) < 4.78 is 5.34. The van der Waals surface area contributed by atoms with E-state index < -0.39 is 0 Å². The molecule has 0 saturated carbocycles. The van der Waals surface area contributed by atoms with Crippen LogP contribution in [0.4, 0.5) is 5.69 Å². The fraction of sp³-hybridized carbons (Fsp3) is 0.0952. The van der Waals surface area contributed by atoms with Gasteiger partial charge in [-0.3, -0.25) is 4.79 Å². The Kier molecular flexibility index (Phi) is 5.39. The molecule has 0 unspecified atom stereocenters. The quantitative estimate of drug-likeness (QED) is 0.529. The zero-order valence-corrected chi connectivity index (χ0v) is 14.6. The van der Waals surface area contributed by atoms with Gasteiger partial charge in [-0.05, 0) is 38.1 Å². The van der Waals surface area contributed by atoms with E-state index in [0.717, 1.165) is 11.1 Å². The molecule has 0 radical (unpaired) electrons. The van der Waals surface area contributed by atoms with Gasteiger partial charge in [0.1, 0.15) is 0 Å². The Hall–Kier alpha value is -3.47. The Morgan fingerprint density at radius 3 is 2.46 bits per heavy atom. The Balaban J connectivity index is 1.72. The molecule has 0 saturated heterocycles. The lowest BCUT2D eigenvalue weighted by atomic mass is 10.2. The topological polar surface area (TPSA) is 68.0 Å². The average molecular weight is 345 g/mol. The van der Waals surface area contributed by atoms with Gasteiger partial charge in [0.25, 0.3) is 11.8 Å². The molecule has 0 bridgehead atoms. The highest BCUT2D eigenvalue weighted by molar-refractivity contribution is 6.03. The number of benzene rings is 2. The minimum Gasteiger partial charge on any atom is -0.334 e. The van der Waals surface area contributed by atoms with E-state index >= 15 is 0 Å². The highest BCUT2D eigenvalue weighted by Gasteiger charge is 2.11. The Labute approximate surface area is 152 Å². The van der Waals surface area contributed by atoms with Gasteiger partial charge in [0.05, 0.1) is 0 Å². The second kappa shape index (κ2) is 8.07. The molecule has 0 aliphatic carbocycles. The SMILES string of the molecule is C/C=C\C=C(/C)C(=O)Nc1ccc(-c2nc(-c3ccccc3)no2)cc1. The number of nitrogens with one attached hydrogen (secondary N) is 1. The minimum atomic E-state index is -0.139. The van der Waals surface area contributed by atoms with E-state index in [-0.39, 0.29) is 5.91 Å². The number of carbonyl (C=O) groups is 1. The number of hydrogen-bond acceptors (Lipinski definition) is 4. The van der Waals surface area contributed by atoms with Crippen LogP contribution in [0.25, 0.3) is 22.8 Å². The third-order valence-electron chi connectivity index (χ3n) is 3.74. The van der Waals surface area contributed by atoms with Crippen molar-refractivity contribution in [2.24, 2.45) is 0 Å². The second-order valence-corrected chi connectivity index (χ2v) is 5.70. The van der Waals surface area contributed by atoms with Crippen molar-refractivity contribution in [3.63, 3.8) is 0 Å². The molecule has 5 heteroatoms. The first kappa shape index (κ1) is 17.4. The van der Waals surface area contributed by atoms with E-state index in [2.05, 4.69) is 15.5 Å². The summed E-state index contributed by atoms with van der Waals surface area (Å²) in [6.07, 6.45) is 5.48. The molecule has 0 aliphatic rings. The molecule has 26 heavy (non-hydrogen) atoms. The molecule has 0 aliphatic heterocycles. The fourth-order valence-corrected chi connectivity index (χ4v) is 2.29. The van der Waals surface area contributed by atoms with Gasteiger partial charge in [-0.2, -0.15) is 4.98 Å². The number of aromatic nitrogens is 2. The summed E-state index contributed by atoms with van der Waals surface area (Å²) in [6.45, 7) is 3.67. The zero-order chi connectivity index (χ0) is 18.4. The van der Waals surface area contributed by atoms with Crippen molar-refractivity contribution in [2.75, 3.05) is 5.32 Å². The first-order chi connectivity index (χ1) is 12.7. The molecule has 2 aromatic carbocycles. The Morgan fingerprint density at radius 1 is 1.04 bits per heavy atom. The third-order valence-corrected chi connectivity index (χ3v) is 3.74. The van der Waals surface area contributed by atoms with E-state index in [4.69, 9.17) is 4.52 Å². The molecular weight excluding hydrogens is 326 g/mol. The van der Waals surface area contributed by atoms with Crippen molar-refractivity contribution in [3.05, 3.63) is 78.4 Å².